The molecule has 6 nitrogen and oxygen atoms in total. The van der Waals surface area contributed by atoms with Gasteiger partial charge in [0.25, 0.3) is 0 Å². The van der Waals surface area contributed by atoms with Crippen LogP contribution in [0.15, 0.2) is 42.5 Å². The van der Waals surface area contributed by atoms with Gasteiger partial charge in [-0.2, -0.15) is 0 Å². The smallest absolute Gasteiger partial charge is 0.323 e. The Balaban J connectivity index is 1.86. The van der Waals surface area contributed by atoms with E-state index in [9.17, 15) is 9.59 Å². The molecule has 3 N–H and O–H groups in total. The van der Waals surface area contributed by atoms with Gasteiger partial charge in [-0.1, -0.05) is 18.2 Å². The fourth-order valence-electron chi connectivity index (χ4n) is 2.59. The van der Waals surface area contributed by atoms with Crippen molar-refractivity contribution in [2.24, 2.45) is 0 Å². The normalized spacial score (nSPS) is 10.3. The van der Waals surface area contributed by atoms with Crippen LogP contribution in [0.25, 0.3) is 0 Å². The van der Waals surface area contributed by atoms with Gasteiger partial charge in [0.1, 0.15) is 0 Å². The lowest BCUT2D eigenvalue weighted by Gasteiger charge is -2.10. The number of carbonyl (C=O) groups is 2. The van der Waals surface area contributed by atoms with Gasteiger partial charge in [-0.15, -0.1) is 0 Å². The Morgan fingerprint density at radius 1 is 0.923 bits per heavy atom. The zero-order chi connectivity index (χ0) is 18.9. The van der Waals surface area contributed by atoms with Crippen molar-refractivity contribution in [3.63, 3.8) is 0 Å². The van der Waals surface area contributed by atoms with E-state index in [0.29, 0.717) is 25.3 Å². The summed E-state index contributed by atoms with van der Waals surface area (Å²) in [5.41, 5.74) is 4.47. The summed E-state index contributed by atoms with van der Waals surface area (Å²) in [6.07, 6.45) is 0.290. The third kappa shape index (κ3) is 6.57. The van der Waals surface area contributed by atoms with E-state index in [1.807, 2.05) is 44.2 Å². The van der Waals surface area contributed by atoms with Crippen molar-refractivity contribution in [1.29, 1.82) is 0 Å². The molecular weight excluding hydrogens is 330 g/mol. The highest BCUT2D eigenvalue weighted by molar-refractivity contribution is 5.99. The molecule has 0 fully saturated rings. The summed E-state index contributed by atoms with van der Waals surface area (Å²) in [7, 11) is 1.59. The second-order valence-electron chi connectivity index (χ2n) is 6.17. The number of hydrogen-bond acceptors (Lipinski definition) is 3. The molecule has 0 heterocycles. The Morgan fingerprint density at radius 3 is 2.15 bits per heavy atom. The SMILES string of the molecule is COCCNC(=O)Cc1ccc(NC(=O)Nc2cc(C)cc(C)c2)cc1. The average Bonchev–Trinajstić information content (AvgIpc) is 2.56. The van der Waals surface area contributed by atoms with E-state index in [2.05, 4.69) is 16.0 Å². The Morgan fingerprint density at radius 2 is 1.54 bits per heavy atom. The van der Waals surface area contributed by atoms with Crippen LogP contribution in [0.2, 0.25) is 0 Å². The number of anilines is 2. The molecule has 0 aliphatic heterocycles. The molecule has 0 unspecified atom stereocenters. The first-order chi connectivity index (χ1) is 12.5. The third-order valence-electron chi connectivity index (χ3n) is 3.68. The van der Waals surface area contributed by atoms with E-state index >= 15 is 0 Å². The molecule has 0 aliphatic carbocycles. The lowest BCUT2D eigenvalue weighted by Crippen LogP contribution is -2.28. The Kier molecular flexibility index (Phi) is 7.17. The summed E-state index contributed by atoms with van der Waals surface area (Å²) in [5.74, 6) is -0.0599. The predicted molar refractivity (Wildman–Crippen MR) is 104 cm³/mol. The molecule has 2 rings (SSSR count). The second kappa shape index (κ2) is 9.58. The van der Waals surface area contributed by atoms with Gasteiger partial charge in [0.15, 0.2) is 0 Å². The molecule has 0 aromatic heterocycles. The van der Waals surface area contributed by atoms with Gasteiger partial charge in [0.2, 0.25) is 5.91 Å². The summed E-state index contributed by atoms with van der Waals surface area (Å²) >= 11 is 0. The van der Waals surface area contributed by atoms with Gasteiger partial charge in [-0.05, 0) is 54.8 Å². The molecule has 26 heavy (non-hydrogen) atoms. The van der Waals surface area contributed by atoms with Gasteiger partial charge in [0.05, 0.1) is 13.0 Å². The van der Waals surface area contributed by atoms with E-state index in [1.54, 1.807) is 19.2 Å². The number of rotatable bonds is 7. The number of amides is 3. The average molecular weight is 355 g/mol. The number of urea groups is 1. The van der Waals surface area contributed by atoms with Crippen LogP contribution in [-0.2, 0) is 16.0 Å². The second-order valence-corrected chi connectivity index (χ2v) is 6.17. The molecule has 0 aliphatic rings. The van der Waals surface area contributed by atoms with E-state index in [1.165, 1.54) is 0 Å². The van der Waals surface area contributed by atoms with Crippen LogP contribution < -0.4 is 16.0 Å². The zero-order valence-electron chi connectivity index (χ0n) is 15.4. The molecule has 0 bridgehead atoms. The molecule has 0 saturated carbocycles. The van der Waals surface area contributed by atoms with E-state index < -0.39 is 0 Å². The summed E-state index contributed by atoms with van der Waals surface area (Å²) < 4.78 is 4.89. The fraction of sp³-hybridized carbons (Fsp3) is 0.300. The van der Waals surface area contributed by atoms with Gasteiger partial charge in [-0.3, -0.25) is 4.79 Å². The van der Waals surface area contributed by atoms with Crippen LogP contribution >= 0.6 is 0 Å². The minimum absolute atomic E-state index is 0.0599. The van der Waals surface area contributed by atoms with Gasteiger partial charge >= 0.3 is 6.03 Å². The highest BCUT2D eigenvalue weighted by Gasteiger charge is 2.06. The summed E-state index contributed by atoms with van der Waals surface area (Å²) in [5, 5.41) is 8.38. The van der Waals surface area contributed by atoms with E-state index in [0.717, 1.165) is 22.4 Å². The number of nitrogens with one attached hydrogen (secondary N) is 3. The molecule has 0 spiro atoms. The number of benzene rings is 2. The van der Waals surface area contributed by atoms with Crippen molar-refractivity contribution in [3.8, 4) is 0 Å². The van der Waals surface area contributed by atoms with Crippen molar-refractivity contribution in [2.45, 2.75) is 20.3 Å². The highest BCUT2D eigenvalue weighted by atomic mass is 16.5. The highest BCUT2D eigenvalue weighted by Crippen LogP contribution is 2.15. The van der Waals surface area contributed by atoms with Crippen LogP contribution in [0.1, 0.15) is 16.7 Å². The van der Waals surface area contributed by atoms with Crippen molar-refractivity contribution in [2.75, 3.05) is 30.9 Å². The van der Waals surface area contributed by atoms with Crippen LogP contribution in [0.4, 0.5) is 16.2 Å². The van der Waals surface area contributed by atoms with Crippen LogP contribution in [0.5, 0.6) is 0 Å². The predicted octanol–water partition coefficient (Wildman–Crippen LogP) is 3.25. The third-order valence-corrected chi connectivity index (χ3v) is 3.68. The molecule has 0 saturated heterocycles. The largest absolute Gasteiger partial charge is 0.383 e. The maximum Gasteiger partial charge on any atom is 0.323 e. The molecule has 138 valence electrons. The fourth-order valence-corrected chi connectivity index (χ4v) is 2.59. The molecule has 2 aromatic rings. The molecule has 0 atom stereocenters. The lowest BCUT2D eigenvalue weighted by molar-refractivity contribution is -0.120. The Labute approximate surface area is 153 Å². The maximum absolute atomic E-state index is 12.1. The quantitative estimate of drug-likeness (QED) is 0.667. The lowest BCUT2D eigenvalue weighted by atomic mass is 10.1. The molecule has 3 amide bonds. The number of aryl methyl sites for hydroxylation is 2. The van der Waals surface area contributed by atoms with E-state index in [-0.39, 0.29) is 11.9 Å². The van der Waals surface area contributed by atoms with Crippen molar-refractivity contribution >= 4 is 23.3 Å². The van der Waals surface area contributed by atoms with Crippen molar-refractivity contribution < 1.29 is 14.3 Å². The molecule has 0 radical (unpaired) electrons. The minimum Gasteiger partial charge on any atom is -0.383 e. The molecule has 2 aromatic carbocycles. The standard InChI is InChI=1S/C20H25N3O3/c1-14-10-15(2)12-18(11-14)23-20(25)22-17-6-4-16(5-7-17)13-19(24)21-8-9-26-3/h4-7,10-12H,8-9,13H2,1-3H3,(H,21,24)(H2,22,23,25). The zero-order valence-corrected chi connectivity index (χ0v) is 15.4. The van der Waals surface area contributed by atoms with Gasteiger partial charge < -0.3 is 20.7 Å². The minimum atomic E-state index is -0.306. The van der Waals surface area contributed by atoms with E-state index in [4.69, 9.17) is 4.74 Å². The first-order valence-corrected chi connectivity index (χ1v) is 8.47. The van der Waals surface area contributed by atoms with Crippen LogP contribution in [-0.4, -0.2) is 32.2 Å². The molecular formula is C20H25N3O3. The Bertz CT molecular complexity index is 737. The van der Waals surface area contributed by atoms with Gasteiger partial charge in [0, 0.05) is 25.0 Å². The number of hydrogen-bond donors (Lipinski definition) is 3. The van der Waals surface area contributed by atoms with Gasteiger partial charge in [-0.25, -0.2) is 4.79 Å². The number of methoxy groups -OCH3 is 1. The van der Waals surface area contributed by atoms with Crippen molar-refractivity contribution in [1.82, 2.24) is 5.32 Å². The Hall–Kier alpha value is -2.86. The summed E-state index contributed by atoms with van der Waals surface area (Å²) in [6.45, 7) is 4.96. The number of carbonyl (C=O) groups excluding carboxylic acids is 2. The number of ether oxygens (including phenoxy) is 1. The monoisotopic (exact) mass is 355 g/mol. The first kappa shape index (κ1) is 19.5. The molecule has 6 heteroatoms. The van der Waals surface area contributed by atoms with Crippen molar-refractivity contribution in [3.05, 3.63) is 59.2 Å². The first-order valence-electron chi connectivity index (χ1n) is 8.47. The topological polar surface area (TPSA) is 79.5 Å². The maximum atomic E-state index is 12.1. The summed E-state index contributed by atoms with van der Waals surface area (Å²) in [6, 6.07) is 12.8. The van der Waals surface area contributed by atoms with Crippen LogP contribution in [0.3, 0.4) is 0 Å². The summed E-state index contributed by atoms with van der Waals surface area (Å²) in [4.78, 5) is 23.9. The van der Waals surface area contributed by atoms with Crippen LogP contribution in [0, 0.1) is 13.8 Å².